The van der Waals surface area contributed by atoms with Gasteiger partial charge in [0, 0.05) is 26.5 Å². The molecule has 0 spiro atoms. The molecule has 0 aliphatic carbocycles. The summed E-state index contributed by atoms with van der Waals surface area (Å²) in [5, 5.41) is 6.86. The van der Waals surface area contributed by atoms with E-state index in [0.29, 0.717) is 11.5 Å². The van der Waals surface area contributed by atoms with E-state index in [1.165, 1.54) is 12.3 Å². The monoisotopic (exact) mass is 281 g/mol. The number of nitrogens with one attached hydrogen (secondary N) is 2. The molecule has 0 bridgehead atoms. The van der Waals surface area contributed by atoms with E-state index in [9.17, 15) is 8.42 Å². The van der Waals surface area contributed by atoms with Gasteiger partial charge in [-0.15, -0.1) is 0 Å². The van der Waals surface area contributed by atoms with Crippen LogP contribution in [-0.4, -0.2) is 30.2 Å². The third-order valence-corrected chi connectivity index (χ3v) is 3.94. The van der Waals surface area contributed by atoms with E-state index in [0.717, 1.165) is 0 Å². The molecule has 0 aliphatic heterocycles. The van der Waals surface area contributed by atoms with Gasteiger partial charge in [-0.3, -0.25) is 4.68 Å². The molecule has 2 aromatic rings. The highest BCUT2D eigenvalue weighted by molar-refractivity contribution is 7.89. The average molecular weight is 281 g/mol. The second-order valence-corrected chi connectivity index (χ2v) is 5.64. The summed E-state index contributed by atoms with van der Waals surface area (Å²) in [6, 6.07) is 4.83. The Labute approximate surface area is 111 Å². The highest BCUT2D eigenvalue weighted by atomic mass is 32.2. The maximum Gasteiger partial charge on any atom is 0.244 e. The van der Waals surface area contributed by atoms with E-state index >= 15 is 0 Å². The molecular formula is C11H15N5O2S. The molecule has 2 aromatic heterocycles. The summed E-state index contributed by atoms with van der Waals surface area (Å²) in [7, 11) is -0.215. The topological polar surface area (TPSA) is 88.9 Å². The third kappa shape index (κ3) is 3.09. The number of aryl methyl sites for hydroxylation is 1. The Morgan fingerprint density at radius 2 is 2.16 bits per heavy atom. The Morgan fingerprint density at radius 1 is 1.37 bits per heavy atom. The van der Waals surface area contributed by atoms with Crippen LogP contribution in [0.2, 0.25) is 0 Å². The van der Waals surface area contributed by atoms with Crippen LogP contribution < -0.4 is 10.0 Å². The first kappa shape index (κ1) is 13.5. The van der Waals surface area contributed by atoms with Gasteiger partial charge in [-0.05, 0) is 18.2 Å². The van der Waals surface area contributed by atoms with Crippen LogP contribution in [0.1, 0.15) is 5.69 Å². The number of hydrogen-bond acceptors (Lipinski definition) is 5. The Bertz CT molecular complexity index is 665. The average Bonchev–Trinajstić information content (AvgIpc) is 2.82. The first-order chi connectivity index (χ1) is 9.03. The third-order valence-electron chi connectivity index (χ3n) is 2.51. The summed E-state index contributed by atoms with van der Waals surface area (Å²) in [5.41, 5.74) is 0.654. The van der Waals surface area contributed by atoms with Crippen LogP contribution in [-0.2, 0) is 23.6 Å². The van der Waals surface area contributed by atoms with Crippen LogP contribution in [0, 0.1) is 0 Å². The van der Waals surface area contributed by atoms with Gasteiger partial charge in [0.05, 0.1) is 12.2 Å². The standard InChI is InChI=1S/C11H15N5O2S/c1-12-11-10(4-3-6-13-11)19(17,18)14-8-9-5-7-16(2)15-9/h3-7,14H,8H2,1-2H3,(H,12,13). The molecule has 8 heteroatoms. The van der Waals surface area contributed by atoms with Gasteiger partial charge < -0.3 is 5.32 Å². The molecule has 0 saturated heterocycles. The Morgan fingerprint density at radius 3 is 2.79 bits per heavy atom. The lowest BCUT2D eigenvalue weighted by atomic mass is 10.4. The number of nitrogens with zero attached hydrogens (tertiary/aromatic N) is 3. The Kier molecular flexibility index (Phi) is 3.82. The van der Waals surface area contributed by atoms with Crippen LogP contribution in [0.5, 0.6) is 0 Å². The van der Waals surface area contributed by atoms with Gasteiger partial charge >= 0.3 is 0 Å². The van der Waals surface area contributed by atoms with E-state index in [1.54, 1.807) is 37.1 Å². The molecule has 0 unspecified atom stereocenters. The maximum absolute atomic E-state index is 12.2. The van der Waals surface area contributed by atoms with Crippen molar-refractivity contribution in [3.63, 3.8) is 0 Å². The van der Waals surface area contributed by atoms with Gasteiger partial charge in [0.2, 0.25) is 10.0 Å². The van der Waals surface area contributed by atoms with Gasteiger partial charge in [-0.2, -0.15) is 5.10 Å². The van der Waals surface area contributed by atoms with Gasteiger partial charge in [-0.25, -0.2) is 18.1 Å². The largest absolute Gasteiger partial charge is 0.372 e. The van der Waals surface area contributed by atoms with Crippen LogP contribution >= 0.6 is 0 Å². The molecule has 0 aromatic carbocycles. The number of sulfonamides is 1. The molecule has 102 valence electrons. The highest BCUT2D eigenvalue weighted by Gasteiger charge is 2.18. The predicted octanol–water partition coefficient (Wildman–Crippen LogP) is 0.335. The summed E-state index contributed by atoms with van der Waals surface area (Å²) >= 11 is 0. The fourth-order valence-corrected chi connectivity index (χ4v) is 2.76. The van der Waals surface area contributed by atoms with Crippen molar-refractivity contribution in [3.8, 4) is 0 Å². The zero-order valence-electron chi connectivity index (χ0n) is 10.7. The molecule has 2 N–H and O–H groups in total. The number of aromatic nitrogens is 3. The molecule has 19 heavy (non-hydrogen) atoms. The summed E-state index contributed by atoms with van der Waals surface area (Å²) in [4.78, 5) is 4.09. The van der Waals surface area contributed by atoms with E-state index in [-0.39, 0.29) is 11.4 Å². The predicted molar refractivity (Wildman–Crippen MR) is 71.0 cm³/mol. The lowest BCUT2D eigenvalue weighted by Crippen LogP contribution is -2.24. The van der Waals surface area contributed by atoms with E-state index < -0.39 is 10.0 Å². The van der Waals surface area contributed by atoms with Crippen molar-refractivity contribution in [2.45, 2.75) is 11.4 Å². The van der Waals surface area contributed by atoms with Crippen LogP contribution in [0.4, 0.5) is 5.82 Å². The lowest BCUT2D eigenvalue weighted by Gasteiger charge is -2.09. The minimum Gasteiger partial charge on any atom is -0.372 e. The molecule has 0 atom stereocenters. The Balaban J connectivity index is 2.18. The van der Waals surface area contributed by atoms with Gasteiger partial charge in [-0.1, -0.05) is 0 Å². The highest BCUT2D eigenvalue weighted by Crippen LogP contribution is 2.17. The van der Waals surface area contributed by atoms with Crippen LogP contribution in [0.3, 0.4) is 0 Å². The summed E-state index contributed by atoms with van der Waals surface area (Å²) < 4.78 is 28.4. The number of hydrogen-bond donors (Lipinski definition) is 2. The van der Waals surface area contributed by atoms with Gasteiger partial charge in [0.25, 0.3) is 0 Å². The first-order valence-corrected chi connectivity index (χ1v) is 7.12. The lowest BCUT2D eigenvalue weighted by molar-refractivity contribution is 0.579. The van der Waals surface area contributed by atoms with E-state index in [2.05, 4.69) is 20.1 Å². The molecule has 0 fully saturated rings. The fourth-order valence-electron chi connectivity index (χ4n) is 1.60. The number of pyridine rings is 1. The molecule has 7 nitrogen and oxygen atoms in total. The smallest absolute Gasteiger partial charge is 0.244 e. The van der Waals surface area contributed by atoms with Crippen molar-refractivity contribution < 1.29 is 8.42 Å². The summed E-state index contributed by atoms with van der Waals surface area (Å²) in [5.74, 6) is 0.316. The minimum absolute atomic E-state index is 0.119. The number of rotatable bonds is 5. The van der Waals surface area contributed by atoms with Crippen molar-refractivity contribution in [1.82, 2.24) is 19.5 Å². The van der Waals surface area contributed by atoms with E-state index in [1.807, 2.05) is 0 Å². The van der Waals surface area contributed by atoms with Crippen molar-refractivity contribution >= 4 is 15.8 Å². The van der Waals surface area contributed by atoms with Crippen LogP contribution in [0.15, 0.2) is 35.5 Å². The zero-order chi connectivity index (χ0) is 13.9. The second-order valence-electron chi connectivity index (χ2n) is 3.91. The summed E-state index contributed by atoms with van der Waals surface area (Å²) in [6.07, 6.45) is 3.29. The van der Waals surface area contributed by atoms with Crippen molar-refractivity contribution in [3.05, 3.63) is 36.3 Å². The molecule has 2 rings (SSSR count). The summed E-state index contributed by atoms with van der Waals surface area (Å²) in [6.45, 7) is 0.140. The maximum atomic E-state index is 12.2. The van der Waals surface area contributed by atoms with Crippen molar-refractivity contribution in [1.29, 1.82) is 0 Å². The van der Waals surface area contributed by atoms with Crippen LogP contribution in [0.25, 0.3) is 0 Å². The normalized spacial score (nSPS) is 11.5. The fraction of sp³-hybridized carbons (Fsp3) is 0.273. The molecule has 0 saturated carbocycles. The second kappa shape index (κ2) is 5.37. The zero-order valence-corrected chi connectivity index (χ0v) is 11.5. The van der Waals surface area contributed by atoms with Gasteiger partial charge in [0.1, 0.15) is 10.7 Å². The molecule has 2 heterocycles. The molecule has 0 amide bonds. The Hall–Kier alpha value is -1.93. The minimum atomic E-state index is -3.62. The molecular weight excluding hydrogens is 266 g/mol. The molecule has 0 aliphatic rings. The van der Waals surface area contributed by atoms with E-state index in [4.69, 9.17) is 0 Å². The number of anilines is 1. The molecule has 0 radical (unpaired) electrons. The first-order valence-electron chi connectivity index (χ1n) is 5.64. The quantitative estimate of drug-likeness (QED) is 0.824. The van der Waals surface area contributed by atoms with Crippen molar-refractivity contribution in [2.24, 2.45) is 7.05 Å². The SMILES string of the molecule is CNc1ncccc1S(=O)(=O)NCc1ccn(C)n1. The van der Waals surface area contributed by atoms with Crippen molar-refractivity contribution in [2.75, 3.05) is 12.4 Å². The van der Waals surface area contributed by atoms with Gasteiger partial charge in [0.15, 0.2) is 0 Å².